The molecular weight excluding hydrogens is 328 g/mol. The molecule has 4 heteroatoms. The molecule has 0 saturated heterocycles. The van der Waals surface area contributed by atoms with E-state index >= 15 is 0 Å². The van der Waals surface area contributed by atoms with Crippen molar-refractivity contribution in [2.45, 2.75) is 20.3 Å². The van der Waals surface area contributed by atoms with Crippen LogP contribution in [0.3, 0.4) is 0 Å². The van der Waals surface area contributed by atoms with Crippen molar-refractivity contribution in [1.82, 2.24) is 0 Å². The van der Waals surface area contributed by atoms with E-state index in [0.29, 0.717) is 5.56 Å². The smallest absolute Gasteiger partial charge is 0.257 e. The van der Waals surface area contributed by atoms with Crippen LogP contribution in [0, 0.1) is 6.92 Å². The van der Waals surface area contributed by atoms with Gasteiger partial charge in [0.05, 0.1) is 11.3 Å². The summed E-state index contributed by atoms with van der Waals surface area (Å²) >= 11 is 3.44. The van der Waals surface area contributed by atoms with Crippen molar-refractivity contribution in [2.75, 3.05) is 17.2 Å². The van der Waals surface area contributed by atoms with Crippen LogP contribution in [-0.2, 0) is 0 Å². The predicted octanol–water partition coefficient (Wildman–Crippen LogP) is 4.83. The molecule has 2 rings (SSSR count). The van der Waals surface area contributed by atoms with Gasteiger partial charge in [0.2, 0.25) is 0 Å². The minimum atomic E-state index is -0.107. The molecule has 0 saturated carbocycles. The second-order valence-corrected chi connectivity index (χ2v) is 5.76. The number of benzene rings is 2. The standard InChI is InChI=1S/C17H19BrN2O/c1-3-10-19-15-9-8-12(2)11-13(15)17(21)20-16-7-5-4-6-14(16)18/h4-9,11,19H,3,10H2,1-2H3,(H,20,21). The first-order valence-corrected chi connectivity index (χ1v) is 7.81. The van der Waals surface area contributed by atoms with Crippen molar-refractivity contribution in [3.8, 4) is 0 Å². The largest absolute Gasteiger partial charge is 0.384 e. The molecule has 0 spiro atoms. The minimum Gasteiger partial charge on any atom is -0.384 e. The van der Waals surface area contributed by atoms with E-state index in [0.717, 1.165) is 34.4 Å². The SMILES string of the molecule is CCCNc1ccc(C)cc1C(=O)Nc1ccccc1Br. The molecule has 0 aliphatic carbocycles. The number of halogens is 1. The first kappa shape index (κ1) is 15.6. The molecule has 0 aliphatic heterocycles. The summed E-state index contributed by atoms with van der Waals surface area (Å²) < 4.78 is 0.870. The highest BCUT2D eigenvalue weighted by Gasteiger charge is 2.13. The van der Waals surface area contributed by atoms with Gasteiger partial charge in [-0.05, 0) is 53.5 Å². The molecule has 0 radical (unpaired) electrons. The van der Waals surface area contributed by atoms with E-state index in [4.69, 9.17) is 0 Å². The summed E-state index contributed by atoms with van der Waals surface area (Å²) in [7, 11) is 0. The molecule has 0 atom stereocenters. The fourth-order valence-electron chi connectivity index (χ4n) is 2.01. The third-order valence-corrected chi connectivity index (χ3v) is 3.80. The zero-order valence-electron chi connectivity index (χ0n) is 12.2. The third kappa shape index (κ3) is 4.08. The molecule has 2 aromatic rings. The highest BCUT2D eigenvalue weighted by atomic mass is 79.9. The van der Waals surface area contributed by atoms with Crippen LogP contribution in [-0.4, -0.2) is 12.5 Å². The zero-order chi connectivity index (χ0) is 15.2. The molecule has 21 heavy (non-hydrogen) atoms. The Hall–Kier alpha value is -1.81. The number of hydrogen-bond acceptors (Lipinski definition) is 2. The molecule has 3 nitrogen and oxygen atoms in total. The van der Waals surface area contributed by atoms with Crippen molar-refractivity contribution in [3.63, 3.8) is 0 Å². The lowest BCUT2D eigenvalue weighted by atomic mass is 10.1. The molecule has 0 unspecified atom stereocenters. The highest BCUT2D eigenvalue weighted by Crippen LogP contribution is 2.24. The Balaban J connectivity index is 2.25. The van der Waals surface area contributed by atoms with E-state index in [-0.39, 0.29) is 5.91 Å². The van der Waals surface area contributed by atoms with Crippen molar-refractivity contribution < 1.29 is 4.79 Å². The van der Waals surface area contributed by atoms with Gasteiger partial charge in [0.25, 0.3) is 5.91 Å². The van der Waals surface area contributed by atoms with Crippen LogP contribution >= 0.6 is 15.9 Å². The highest BCUT2D eigenvalue weighted by molar-refractivity contribution is 9.10. The summed E-state index contributed by atoms with van der Waals surface area (Å²) in [5.41, 5.74) is 3.37. The van der Waals surface area contributed by atoms with E-state index in [1.165, 1.54) is 0 Å². The van der Waals surface area contributed by atoms with Crippen LogP contribution in [0.2, 0.25) is 0 Å². The van der Waals surface area contributed by atoms with Crippen molar-refractivity contribution in [2.24, 2.45) is 0 Å². The lowest BCUT2D eigenvalue weighted by Crippen LogP contribution is -2.15. The maximum absolute atomic E-state index is 12.5. The average molecular weight is 347 g/mol. The molecule has 110 valence electrons. The molecular formula is C17H19BrN2O. The van der Waals surface area contributed by atoms with Crippen molar-refractivity contribution in [1.29, 1.82) is 0 Å². The van der Waals surface area contributed by atoms with Crippen LogP contribution in [0.25, 0.3) is 0 Å². The van der Waals surface area contributed by atoms with Gasteiger partial charge in [-0.1, -0.05) is 30.7 Å². The number of para-hydroxylation sites is 1. The summed E-state index contributed by atoms with van der Waals surface area (Å²) in [6.45, 7) is 4.93. The minimum absolute atomic E-state index is 0.107. The van der Waals surface area contributed by atoms with Gasteiger partial charge >= 0.3 is 0 Å². The molecule has 1 amide bonds. The molecule has 2 N–H and O–H groups in total. The zero-order valence-corrected chi connectivity index (χ0v) is 13.8. The van der Waals surface area contributed by atoms with Crippen LogP contribution < -0.4 is 10.6 Å². The van der Waals surface area contributed by atoms with Gasteiger partial charge < -0.3 is 10.6 Å². The Kier molecular flexibility index (Phi) is 5.39. The van der Waals surface area contributed by atoms with Crippen molar-refractivity contribution >= 4 is 33.2 Å². The Morgan fingerprint density at radius 1 is 1.14 bits per heavy atom. The van der Waals surface area contributed by atoms with Crippen molar-refractivity contribution in [3.05, 3.63) is 58.1 Å². The Bertz CT molecular complexity index is 640. The van der Waals surface area contributed by atoms with E-state index in [2.05, 4.69) is 33.5 Å². The van der Waals surface area contributed by atoms with E-state index in [1.54, 1.807) is 0 Å². The number of hydrogen-bond donors (Lipinski definition) is 2. The van der Waals surface area contributed by atoms with Crippen LogP contribution in [0.15, 0.2) is 46.9 Å². The molecule has 0 aliphatic rings. The van der Waals surface area contributed by atoms with E-state index in [1.807, 2.05) is 49.4 Å². The van der Waals surface area contributed by atoms with Crippen LogP contribution in [0.4, 0.5) is 11.4 Å². The maximum Gasteiger partial charge on any atom is 0.257 e. The number of amides is 1. The van der Waals surface area contributed by atoms with Gasteiger partial charge in [0, 0.05) is 16.7 Å². The quantitative estimate of drug-likeness (QED) is 0.813. The normalized spacial score (nSPS) is 10.2. The number of aryl methyl sites for hydroxylation is 1. The van der Waals surface area contributed by atoms with Gasteiger partial charge in [0.15, 0.2) is 0 Å². The topological polar surface area (TPSA) is 41.1 Å². The molecule has 0 bridgehead atoms. The Morgan fingerprint density at radius 3 is 2.62 bits per heavy atom. The summed E-state index contributed by atoms with van der Waals surface area (Å²) in [5, 5.41) is 6.24. The third-order valence-electron chi connectivity index (χ3n) is 3.11. The fraction of sp³-hybridized carbons (Fsp3) is 0.235. The first-order valence-electron chi connectivity index (χ1n) is 7.02. The van der Waals surface area contributed by atoms with Crippen LogP contribution in [0.1, 0.15) is 29.3 Å². The summed E-state index contributed by atoms with van der Waals surface area (Å²) in [4.78, 5) is 12.5. The number of rotatable bonds is 5. The molecule has 0 heterocycles. The van der Waals surface area contributed by atoms with Gasteiger partial charge in [-0.15, -0.1) is 0 Å². The lowest BCUT2D eigenvalue weighted by Gasteiger charge is -2.13. The molecule has 2 aromatic carbocycles. The Morgan fingerprint density at radius 2 is 1.90 bits per heavy atom. The summed E-state index contributed by atoms with van der Waals surface area (Å²) in [5.74, 6) is -0.107. The molecule has 0 aromatic heterocycles. The van der Waals surface area contributed by atoms with E-state index < -0.39 is 0 Å². The molecule has 0 fully saturated rings. The average Bonchev–Trinajstić information content (AvgIpc) is 2.48. The van der Waals surface area contributed by atoms with E-state index in [9.17, 15) is 4.79 Å². The van der Waals surface area contributed by atoms with Gasteiger partial charge in [-0.25, -0.2) is 0 Å². The van der Waals surface area contributed by atoms with Gasteiger partial charge in [0.1, 0.15) is 0 Å². The van der Waals surface area contributed by atoms with Gasteiger partial charge in [-0.2, -0.15) is 0 Å². The van der Waals surface area contributed by atoms with Gasteiger partial charge in [-0.3, -0.25) is 4.79 Å². The number of anilines is 2. The summed E-state index contributed by atoms with van der Waals surface area (Å²) in [6.07, 6.45) is 1.01. The fourth-order valence-corrected chi connectivity index (χ4v) is 2.40. The monoisotopic (exact) mass is 346 g/mol. The second-order valence-electron chi connectivity index (χ2n) is 4.91. The summed E-state index contributed by atoms with van der Waals surface area (Å²) in [6, 6.07) is 13.5. The maximum atomic E-state index is 12.5. The number of nitrogens with one attached hydrogen (secondary N) is 2. The lowest BCUT2D eigenvalue weighted by molar-refractivity contribution is 0.102. The predicted molar refractivity (Wildman–Crippen MR) is 92.1 cm³/mol. The number of carbonyl (C=O) groups excluding carboxylic acids is 1. The number of carbonyl (C=O) groups is 1. The first-order chi connectivity index (χ1) is 10.1. The Labute approximate surface area is 133 Å². The van der Waals surface area contributed by atoms with Crippen LogP contribution in [0.5, 0.6) is 0 Å². The second kappa shape index (κ2) is 7.27.